The molecule has 166 valence electrons. The fraction of sp³-hybridized carbons (Fsp3) is 0.333. The number of hydrazone groups is 1. The number of ether oxygens (including phenoxy) is 3. The van der Waals surface area contributed by atoms with Crippen molar-refractivity contribution in [2.24, 2.45) is 5.10 Å². The molecule has 2 aromatic rings. The first-order valence-electron chi connectivity index (χ1n) is 10.1. The summed E-state index contributed by atoms with van der Waals surface area (Å²) in [5, 5.41) is 7.46. The van der Waals surface area contributed by atoms with E-state index in [1.807, 2.05) is 30.3 Å². The molecular weight excluding hydrogens is 410 g/mol. The second-order valence-corrected chi connectivity index (χ2v) is 8.16. The van der Waals surface area contributed by atoms with Crippen molar-refractivity contribution in [3.63, 3.8) is 0 Å². The second-order valence-electron chi connectivity index (χ2n) is 7.75. The van der Waals surface area contributed by atoms with Gasteiger partial charge in [0.2, 0.25) is 0 Å². The van der Waals surface area contributed by atoms with E-state index in [1.54, 1.807) is 19.4 Å². The van der Waals surface area contributed by atoms with Gasteiger partial charge < -0.3 is 19.5 Å². The van der Waals surface area contributed by atoms with Crippen LogP contribution in [0.4, 0.5) is 0 Å². The van der Waals surface area contributed by atoms with Crippen LogP contribution in [-0.4, -0.2) is 38.2 Å². The molecule has 7 heteroatoms. The molecule has 0 aliphatic heterocycles. The lowest BCUT2D eigenvalue weighted by atomic mass is 9.87. The minimum atomic E-state index is 0.124. The van der Waals surface area contributed by atoms with E-state index in [1.165, 1.54) is 5.56 Å². The largest absolute Gasteiger partial charge is 0.493 e. The Labute approximate surface area is 190 Å². The molecule has 2 N–H and O–H groups in total. The van der Waals surface area contributed by atoms with Crippen molar-refractivity contribution in [2.75, 3.05) is 26.9 Å². The van der Waals surface area contributed by atoms with Crippen molar-refractivity contribution < 1.29 is 14.2 Å². The summed E-state index contributed by atoms with van der Waals surface area (Å²) in [6, 6.07) is 13.7. The van der Waals surface area contributed by atoms with Crippen LogP contribution in [0.15, 0.2) is 60.2 Å². The lowest BCUT2D eigenvalue weighted by Gasteiger charge is -2.19. The molecule has 0 spiro atoms. The molecule has 0 bridgehead atoms. The van der Waals surface area contributed by atoms with Gasteiger partial charge in [-0.1, -0.05) is 39.0 Å². The van der Waals surface area contributed by atoms with Crippen LogP contribution in [0.3, 0.4) is 0 Å². The monoisotopic (exact) mass is 441 g/mol. The van der Waals surface area contributed by atoms with E-state index in [0.717, 1.165) is 11.3 Å². The van der Waals surface area contributed by atoms with E-state index >= 15 is 0 Å². The number of nitrogens with zero attached hydrogens (tertiary/aromatic N) is 1. The third kappa shape index (κ3) is 8.30. The van der Waals surface area contributed by atoms with Gasteiger partial charge in [-0.25, -0.2) is 0 Å². The van der Waals surface area contributed by atoms with Gasteiger partial charge in [0.15, 0.2) is 16.6 Å². The van der Waals surface area contributed by atoms with Crippen LogP contribution in [0, 0.1) is 0 Å². The first-order chi connectivity index (χ1) is 14.8. The van der Waals surface area contributed by atoms with Crippen molar-refractivity contribution >= 4 is 23.5 Å². The average Bonchev–Trinajstić information content (AvgIpc) is 2.75. The molecule has 0 heterocycles. The van der Waals surface area contributed by atoms with Crippen molar-refractivity contribution in [1.29, 1.82) is 0 Å². The van der Waals surface area contributed by atoms with Crippen LogP contribution in [0.5, 0.6) is 17.2 Å². The maximum Gasteiger partial charge on any atom is 0.187 e. The molecule has 2 rings (SSSR count). The highest BCUT2D eigenvalue weighted by atomic mass is 32.1. The standard InChI is InChI=1S/C24H31N3O3S/c1-6-13-25-23(31)27-26-17-18-7-12-21(22(16-18)28-5)30-15-14-29-20-10-8-19(9-11-20)24(2,3)4/h6-12,16-17H,1,13-15H2,2-5H3,(H2,25,27,31). The smallest absolute Gasteiger partial charge is 0.187 e. The van der Waals surface area contributed by atoms with Crippen LogP contribution < -0.4 is 25.0 Å². The Balaban J connectivity index is 1.84. The van der Waals surface area contributed by atoms with Crippen LogP contribution in [-0.2, 0) is 5.41 Å². The fourth-order valence-corrected chi connectivity index (χ4v) is 2.75. The van der Waals surface area contributed by atoms with Crippen molar-refractivity contribution in [3.8, 4) is 17.2 Å². The second kappa shape index (κ2) is 12.0. The molecule has 0 saturated carbocycles. The Kier molecular flexibility index (Phi) is 9.34. The summed E-state index contributed by atoms with van der Waals surface area (Å²) < 4.78 is 17.0. The topological polar surface area (TPSA) is 64.1 Å². The van der Waals surface area contributed by atoms with Crippen LogP contribution in [0.2, 0.25) is 0 Å². The van der Waals surface area contributed by atoms with Crippen molar-refractivity contribution in [2.45, 2.75) is 26.2 Å². The van der Waals surface area contributed by atoms with Gasteiger partial charge in [0.25, 0.3) is 0 Å². The maximum absolute atomic E-state index is 5.82. The van der Waals surface area contributed by atoms with Gasteiger partial charge in [0, 0.05) is 6.54 Å². The summed E-state index contributed by atoms with van der Waals surface area (Å²) in [5.74, 6) is 2.08. The average molecular weight is 442 g/mol. The molecule has 6 nitrogen and oxygen atoms in total. The molecule has 0 atom stereocenters. The Morgan fingerprint density at radius 1 is 1.06 bits per heavy atom. The molecule has 0 aliphatic rings. The third-order valence-corrected chi connectivity index (χ3v) is 4.54. The third-order valence-electron chi connectivity index (χ3n) is 4.30. The molecule has 0 fully saturated rings. The number of rotatable bonds is 10. The first kappa shape index (κ1) is 24.2. The summed E-state index contributed by atoms with van der Waals surface area (Å²) in [6.45, 7) is 11.6. The summed E-state index contributed by atoms with van der Waals surface area (Å²) in [6.07, 6.45) is 3.37. The minimum absolute atomic E-state index is 0.124. The highest BCUT2D eigenvalue weighted by Crippen LogP contribution is 2.28. The summed E-state index contributed by atoms with van der Waals surface area (Å²) in [5.41, 5.74) is 4.98. The number of benzene rings is 2. The number of hydrogen-bond acceptors (Lipinski definition) is 5. The molecule has 2 aromatic carbocycles. The molecular formula is C24H31N3O3S. The van der Waals surface area contributed by atoms with Crippen molar-refractivity contribution in [1.82, 2.24) is 10.7 Å². The van der Waals surface area contributed by atoms with Gasteiger partial charge >= 0.3 is 0 Å². The van der Waals surface area contributed by atoms with Gasteiger partial charge in [0.05, 0.1) is 13.3 Å². The van der Waals surface area contributed by atoms with E-state index in [0.29, 0.717) is 36.4 Å². The Morgan fingerprint density at radius 3 is 2.42 bits per heavy atom. The van der Waals surface area contributed by atoms with Crippen molar-refractivity contribution in [3.05, 3.63) is 66.2 Å². The van der Waals surface area contributed by atoms with Gasteiger partial charge in [-0.05, 0) is 59.1 Å². The predicted octanol–water partition coefficient (Wildman–Crippen LogP) is 4.43. The number of methoxy groups -OCH3 is 1. The van der Waals surface area contributed by atoms with Gasteiger partial charge in [-0.2, -0.15) is 5.10 Å². The fourth-order valence-electron chi connectivity index (χ4n) is 2.62. The number of nitrogens with one attached hydrogen (secondary N) is 2. The summed E-state index contributed by atoms with van der Waals surface area (Å²) in [7, 11) is 1.60. The SMILES string of the molecule is C=CCNC(=S)NN=Cc1ccc(OCCOc2ccc(C(C)(C)C)cc2)c(OC)c1. The molecule has 0 amide bonds. The zero-order chi connectivity index (χ0) is 22.7. The maximum atomic E-state index is 5.82. The Bertz CT molecular complexity index is 890. The van der Waals surface area contributed by atoms with E-state index < -0.39 is 0 Å². The van der Waals surface area contributed by atoms with Gasteiger partial charge in [0.1, 0.15) is 19.0 Å². The van der Waals surface area contributed by atoms with E-state index in [-0.39, 0.29) is 5.41 Å². The molecule has 0 aliphatic carbocycles. The van der Waals surface area contributed by atoms with E-state index in [9.17, 15) is 0 Å². The van der Waals surface area contributed by atoms with E-state index in [2.05, 4.69) is 55.3 Å². The van der Waals surface area contributed by atoms with Gasteiger partial charge in [-0.15, -0.1) is 6.58 Å². The minimum Gasteiger partial charge on any atom is -0.493 e. The summed E-state index contributed by atoms with van der Waals surface area (Å²) in [4.78, 5) is 0. The van der Waals surface area contributed by atoms with Crippen LogP contribution in [0.1, 0.15) is 31.9 Å². The Morgan fingerprint density at radius 2 is 1.77 bits per heavy atom. The molecule has 0 saturated heterocycles. The molecule has 0 aromatic heterocycles. The highest BCUT2D eigenvalue weighted by molar-refractivity contribution is 7.80. The zero-order valence-electron chi connectivity index (χ0n) is 18.6. The number of thiocarbonyl (C=S) groups is 1. The zero-order valence-corrected chi connectivity index (χ0v) is 19.4. The quantitative estimate of drug-likeness (QED) is 0.187. The predicted molar refractivity (Wildman–Crippen MR) is 131 cm³/mol. The van der Waals surface area contributed by atoms with Crippen LogP contribution >= 0.6 is 12.2 Å². The highest BCUT2D eigenvalue weighted by Gasteiger charge is 2.13. The lowest BCUT2D eigenvalue weighted by molar-refractivity contribution is 0.211. The van der Waals surface area contributed by atoms with E-state index in [4.69, 9.17) is 26.4 Å². The molecule has 31 heavy (non-hydrogen) atoms. The Hall–Kier alpha value is -3.06. The lowest BCUT2D eigenvalue weighted by Crippen LogP contribution is -2.31. The first-order valence-corrected chi connectivity index (χ1v) is 10.5. The van der Waals surface area contributed by atoms with Gasteiger partial charge in [-0.3, -0.25) is 5.43 Å². The van der Waals surface area contributed by atoms with Crippen LogP contribution in [0.25, 0.3) is 0 Å². The molecule has 0 radical (unpaired) electrons. The number of hydrogen-bond donors (Lipinski definition) is 2. The summed E-state index contributed by atoms with van der Waals surface area (Å²) >= 11 is 5.08. The molecule has 0 unspecified atom stereocenters. The normalized spacial score (nSPS) is 11.1.